The number of ether oxygens (including phenoxy) is 2. The van der Waals surface area contributed by atoms with Gasteiger partial charge in [-0.25, -0.2) is 4.79 Å². The predicted molar refractivity (Wildman–Crippen MR) is 83.7 cm³/mol. The summed E-state index contributed by atoms with van der Waals surface area (Å²) < 4.78 is 10.2. The molecule has 1 heterocycles. The van der Waals surface area contributed by atoms with Gasteiger partial charge in [-0.1, -0.05) is 30.3 Å². The molecular weight excluding hydrogens is 278 g/mol. The van der Waals surface area contributed by atoms with Gasteiger partial charge in [0.25, 0.3) is 0 Å². The van der Waals surface area contributed by atoms with Gasteiger partial charge < -0.3 is 9.47 Å². The Hall–Kier alpha value is -2.33. The Labute approximate surface area is 130 Å². The van der Waals surface area contributed by atoms with Crippen molar-refractivity contribution in [3.8, 4) is 5.75 Å². The molecule has 0 aromatic heterocycles. The number of hydrogen-bond acceptors (Lipinski definition) is 4. The lowest BCUT2D eigenvalue weighted by Gasteiger charge is -2.17. The van der Waals surface area contributed by atoms with Crippen molar-refractivity contribution < 1.29 is 14.3 Å². The first-order valence-electron chi connectivity index (χ1n) is 7.25. The summed E-state index contributed by atoms with van der Waals surface area (Å²) in [5.74, 6) is 0.372. The molecule has 0 radical (unpaired) electrons. The fourth-order valence-electron chi connectivity index (χ4n) is 2.88. The molecule has 0 spiro atoms. The minimum absolute atomic E-state index is 0.349. The molecule has 0 amide bonds. The Morgan fingerprint density at radius 1 is 1.09 bits per heavy atom. The highest BCUT2D eigenvalue weighted by atomic mass is 16.5. The highest BCUT2D eigenvalue weighted by Gasteiger charge is 2.20. The second-order valence-electron chi connectivity index (χ2n) is 5.43. The molecule has 22 heavy (non-hydrogen) atoms. The second-order valence-corrected chi connectivity index (χ2v) is 5.43. The Bertz CT molecular complexity index is 671. The van der Waals surface area contributed by atoms with Crippen LogP contribution < -0.4 is 4.74 Å². The van der Waals surface area contributed by atoms with Crippen molar-refractivity contribution in [2.75, 3.05) is 14.2 Å². The lowest BCUT2D eigenvalue weighted by Crippen LogP contribution is -2.16. The molecule has 1 aliphatic rings. The van der Waals surface area contributed by atoms with Crippen LogP contribution in [0, 0.1) is 0 Å². The molecule has 0 N–H and O–H groups in total. The van der Waals surface area contributed by atoms with Gasteiger partial charge in [-0.15, -0.1) is 0 Å². The van der Waals surface area contributed by atoms with Crippen LogP contribution >= 0.6 is 0 Å². The normalized spacial score (nSPS) is 13.7. The van der Waals surface area contributed by atoms with Gasteiger partial charge in [0.15, 0.2) is 0 Å². The molecule has 4 heteroatoms. The van der Waals surface area contributed by atoms with Crippen LogP contribution in [0.25, 0.3) is 0 Å². The minimum atomic E-state index is -0.349. The molecule has 1 aliphatic heterocycles. The number of carbonyl (C=O) groups is 1. The summed E-state index contributed by atoms with van der Waals surface area (Å²) in [5, 5.41) is 0. The van der Waals surface area contributed by atoms with Crippen LogP contribution in [-0.4, -0.2) is 25.1 Å². The van der Waals surface area contributed by atoms with E-state index < -0.39 is 0 Å². The van der Waals surface area contributed by atoms with E-state index in [2.05, 4.69) is 29.2 Å². The zero-order valence-corrected chi connectivity index (χ0v) is 12.8. The highest BCUT2D eigenvalue weighted by molar-refractivity contribution is 5.89. The lowest BCUT2D eigenvalue weighted by molar-refractivity contribution is 0.0600. The fourth-order valence-corrected chi connectivity index (χ4v) is 2.88. The molecule has 0 unspecified atom stereocenters. The molecule has 0 saturated carbocycles. The molecule has 0 aliphatic carbocycles. The predicted octanol–water partition coefficient (Wildman–Crippen LogP) is 3.00. The number of methoxy groups -OCH3 is 2. The topological polar surface area (TPSA) is 38.8 Å². The highest BCUT2D eigenvalue weighted by Crippen LogP contribution is 2.27. The fraction of sp³-hybridized carbons (Fsp3) is 0.278. The van der Waals surface area contributed by atoms with Crippen LogP contribution in [0.5, 0.6) is 5.75 Å². The number of fused-ring (bicyclic) bond motifs is 1. The third-order valence-corrected chi connectivity index (χ3v) is 4.01. The summed E-state index contributed by atoms with van der Waals surface area (Å²) in [6.45, 7) is 2.68. The molecule has 114 valence electrons. The van der Waals surface area contributed by atoms with Crippen LogP contribution in [-0.2, 0) is 24.4 Å². The summed E-state index contributed by atoms with van der Waals surface area (Å²) >= 11 is 0. The van der Waals surface area contributed by atoms with E-state index in [1.54, 1.807) is 19.2 Å². The van der Waals surface area contributed by atoms with Gasteiger partial charge in [0.1, 0.15) is 5.75 Å². The first kappa shape index (κ1) is 14.6. The SMILES string of the molecule is COC(=O)c1ccc(CN2Cc3ccccc3C2)c(OC)c1. The van der Waals surface area contributed by atoms with E-state index in [1.165, 1.54) is 18.2 Å². The van der Waals surface area contributed by atoms with Crippen molar-refractivity contribution in [1.82, 2.24) is 4.90 Å². The Balaban J connectivity index is 1.77. The van der Waals surface area contributed by atoms with Gasteiger partial charge in [-0.2, -0.15) is 0 Å². The Kier molecular flexibility index (Phi) is 4.11. The zero-order valence-electron chi connectivity index (χ0n) is 12.8. The average molecular weight is 297 g/mol. The van der Waals surface area contributed by atoms with E-state index in [0.717, 1.165) is 30.9 Å². The third-order valence-electron chi connectivity index (χ3n) is 4.01. The molecule has 0 atom stereocenters. The number of nitrogens with zero attached hydrogens (tertiary/aromatic N) is 1. The summed E-state index contributed by atoms with van der Waals surface area (Å²) in [6.07, 6.45) is 0. The number of esters is 1. The van der Waals surface area contributed by atoms with E-state index in [0.29, 0.717) is 5.56 Å². The standard InChI is InChI=1S/C18H19NO3/c1-21-17-9-13(18(20)22-2)7-8-16(17)12-19-10-14-5-3-4-6-15(14)11-19/h3-9H,10-12H2,1-2H3. The third kappa shape index (κ3) is 2.83. The van der Waals surface area contributed by atoms with Crippen LogP contribution in [0.1, 0.15) is 27.0 Å². The van der Waals surface area contributed by atoms with Crippen molar-refractivity contribution >= 4 is 5.97 Å². The van der Waals surface area contributed by atoms with Crippen molar-refractivity contribution in [3.05, 3.63) is 64.7 Å². The number of carbonyl (C=O) groups excluding carboxylic acids is 1. The maximum atomic E-state index is 11.6. The van der Waals surface area contributed by atoms with Crippen LogP contribution in [0.3, 0.4) is 0 Å². The average Bonchev–Trinajstić information content (AvgIpc) is 2.96. The molecule has 0 fully saturated rings. The van der Waals surface area contributed by atoms with Gasteiger partial charge in [-0.05, 0) is 23.3 Å². The second kappa shape index (κ2) is 6.20. The first-order chi connectivity index (χ1) is 10.7. The lowest BCUT2D eigenvalue weighted by atomic mass is 10.1. The summed E-state index contributed by atoms with van der Waals surface area (Å²) in [7, 11) is 3.00. The van der Waals surface area contributed by atoms with Gasteiger partial charge in [0.2, 0.25) is 0 Å². The van der Waals surface area contributed by atoms with E-state index in [4.69, 9.17) is 9.47 Å². The summed E-state index contributed by atoms with van der Waals surface area (Å²) in [4.78, 5) is 14.0. The van der Waals surface area contributed by atoms with Gasteiger partial charge in [0.05, 0.1) is 19.8 Å². The summed E-state index contributed by atoms with van der Waals surface area (Å²) in [5.41, 5.74) is 4.34. The van der Waals surface area contributed by atoms with Gasteiger partial charge >= 0.3 is 5.97 Å². The quantitative estimate of drug-likeness (QED) is 0.813. The summed E-state index contributed by atoms with van der Waals surface area (Å²) in [6, 6.07) is 14.0. The number of rotatable bonds is 4. The van der Waals surface area contributed by atoms with Gasteiger partial charge in [0, 0.05) is 25.2 Å². The minimum Gasteiger partial charge on any atom is -0.496 e. The molecule has 3 rings (SSSR count). The first-order valence-corrected chi connectivity index (χ1v) is 7.25. The Morgan fingerprint density at radius 3 is 2.36 bits per heavy atom. The van der Waals surface area contributed by atoms with Crippen molar-refractivity contribution in [2.45, 2.75) is 19.6 Å². The monoisotopic (exact) mass is 297 g/mol. The van der Waals surface area contributed by atoms with Crippen molar-refractivity contribution in [3.63, 3.8) is 0 Å². The molecular formula is C18H19NO3. The Morgan fingerprint density at radius 2 is 1.77 bits per heavy atom. The number of benzene rings is 2. The zero-order chi connectivity index (χ0) is 15.5. The van der Waals surface area contributed by atoms with Crippen molar-refractivity contribution in [2.24, 2.45) is 0 Å². The molecule has 0 bridgehead atoms. The van der Waals surface area contributed by atoms with Crippen LogP contribution in [0.15, 0.2) is 42.5 Å². The van der Waals surface area contributed by atoms with Crippen LogP contribution in [0.4, 0.5) is 0 Å². The molecule has 2 aromatic carbocycles. The maximum Gasteiger partial charge on any atom is 0.337 e. The number of hydrogen-bond donors (Lipinski definition) is 0. The maximum absolute atomic E-state index is 11.6. The van der Waals surface area contributed by atoms with E-state index in [-0.39, 0.29) is 5.97 Å². The molecule has 2 aromatic rings. The van der Waals surface area contributed by atoms with Crippen molar-refractivity contribution in [1.29, 1.82) is 0 Å². The molecule has 0 saturated heterocycles. The smallest absolute Gasteiger partial charge is 0.337 e. The van der Waals surface area contributed by atoms with Crippen LogP contribution in [0.2, 0.25) is 0 Å². The largest absolute Gasteiger partial charge is 0.496 e. The van der Waals surface area contributed by atoms with E-state index in [1.807, 2.05) is 6.07 Å². The van der Waals surface area contributed by atoms with E-state index in [9.17, 15) is 4.79 Å². The van der Waals surface area contributed by atoms with Gasteiger partial charge in [-0.3, -0.25) is 4.90 Å². The molecule has 4 nitrogen and oxygen atoms in total. The van der Waals surface area contributed by atoms with E-state index >= 15 is 0 Å².